The van der Waals surface area contributed by atoms with E-state index in [0.717, 1.165) is 23.3 Å². The summed E-state index contributed by atoms with van der Waals surface area (Å²) in [4.78, 5) is 0. The van der Waals surface area contributed by atoms with Crippen molar-refractivity contribution in [1.29, 1.82) is 0 Å². The van der Waals surface area contributed by atoms with Crippen LogP contribution in [0.3, 0.4) is 0 Å². The molecule has 0 heterocycles. The zero-order chi connectivity index (χ0) is 20.0. The third-order valence-electron chi connectivity index (χ3n) is 6.80. The largest absolute Gasteiger partial charge is 0.484 e. The van der Waals surface area contributed by atoms with Gasteiger partial charge in [-0.1, -0.05) is 50.5 Å². The van der Waals surface area contributed by atoms with Crippen LogP contribution in [0.25, 0.3) is 6.08 Å². The maximum atomic E-state index is 12.2. The molecule has 0 amide bonds. The molecule has 1 aromatic rings. The fraction of sp³-hybridized carbons (Fsp3) is 0.667. The quantitative estimate of drug-likeness (QED) is 0.481. The highest BCUT2D eigenvalue weighted by Crippen LogP contribution is 2.42. The topological polar surface area (TPSA) is 9.23 Å². The molecule has 2 saturated carbocycles. The fourth-order valence-corrected chi connectivity index (χ4v) is 4.96. The van der Waals surface area contributed by atoms with E-state index in [9.17, 15) is 13.2 Å². The zero-order valence-electron chi connectivity index (χ0n) is 16.9. The third-order valence-corrected chi connectivity index (χ3v) is 6.80. The molecule has 2 aliphatic rings. The number of benzene rings is 1. The minimum Gasteiger partial charge on any atom is -0.484 e. The summed E-state index contributed by atoms with van der Waals surface area (Å²) in [5.41, 5.74) is 1.01. The van der Waals surface area contributed by atoms with Gasteiger partial charge in [-0.15, -0.1) is 0 Å². The van der Waals surface area contributed by atoms with Crippen molar-refractivity contribution in [2.75, 3.05) is 6.61 Å². The second-order valence-electron chi connectivity index (χ2n) is 8.70. The predicted octanol–water partition coefficient (Wildman–Crippen LogP) is 7.66. The van der Waals surface area contributed by atoms with Crippen LogP contribution in [0.15, 0.2) is 30.3 Å². The SMILES string of the molecule is CC[C@H]1CC[C@H]([C@H]2CC[C@H](C=Cc3ccc(OCC(F)(F)F)cc3)CC2)CC1. The molecule has 4 heteroatoms. The van der Waals surface area contributed by atoms with Gasteiger partial charge < -0.3 is 4.74 Å². The Hall–Kier alpha value is -1.45. The molecule has 0 atom stereocenters. The van der Waals surface area contributed by atoms with E-state index >= 15 is 0 Å². The van der Waals surface area contributed by atoms with Gasteiger partial charge in [-0.2, -0.15) is 13.2 Å². The molecular formula is C24H33F3O. The van der Waals surface area contributed by atoms with Crippen LogP contribution >= 0.6 is 0 Å². The van der Waals surface area contributed by atoms with Gasteiger partial charge in [0.1, 0.15) is 5.75 Å². The number of allylic oxidation sites excluding steroid dienone is 1. The first kappa shape index (κ1) is 21.3. The van der Waals surface area contributed by atoms with Crippen molar-refractivity contribution >= 4 is 6.08 Å². The highest BCUT2D eigenvalue weighted by Gasteiger charge is 2.30. The maximum absolute atomic E-state index is 12.2. The van der Waals surface area contributed by atoms with Crippen molar-refractivity contribution in [2.45, 2.75) is 70.9 Å². The summed E-state index contributed by atoms with van der Waals surface area (Å²) in [5, 5.41) is 0. The van der Waals surface area contributed by atoms with Crippen LogP contribution in [-0.4, -0.2) is 12.8 Å². The molecular weight excluding hydrogens is 361 g/mol. The van der Waals surface area contributed by atoms with Gasteiger partial charge in [0.15, 0.2) is 6.61 Å². The van der Waals surface area contributed by atoms with Crippen molar-refractivity contribution in [1.82, 2.24) is 0 Å². The van der Waals surface area contributed by atoms with Crippen LogP contribution in [0, 0.1) is 23.7 Å². The number of halogens is 3. The van der Waals surface area contributed by atoms with Crippen LogP contribution in [0.4, 0.5) is 13.2 Å². The summed E-state index contributed by atoms with van der Waals surface area (Å²) in [6, 6.07) is 6.85. The summed E-state index contributed by atoms with van der Waals surface area (Å²) in [6.07, 6.45) is 12.4. The lowest BCUT2D eigenvalue weighted by Gasteiger charge is -2.37. The first-order valence-electron chi connectivity index (χ1n) is 10.9. The molecule has 0 saturated heterocycles. The number of hydrogen-bond acceptors (Lipinski definition) is 1. The number of ether oxygens (including phenoxy) is 1. The molecule has 1 nitrogen and oxygen atoms in total. The van der Waals surface area contributed by atoms with E-state index < -0.39 is 12.8 Å². The first-order chi connectivity index (χ1) is 13.4. The third kappa shape index (κ3) is 6.56. The highest BCUT2D eigenvalue weighted by atomic mass is 19.4. The van der Waals surface area contributed by atoms with Crippen LogP contribution in [-0.2, 0) is 0 Å². The molecule has 3 rings (SSSR count). The van der Waals surface area contributed by atoms with E-state index in [4.69, 9.17) is 4.74 Å². The second kappa shape index (κ2) is 9.84. The van der Waals surface area contributed by atoms with E-state index in [0.29, 0.717) is 5.92 Å². The average molecular weight is 395 g/mol. The Bertz CT molecular complexity index is 604. The van der Waals surface area contributed by atoms with Crippen LogP contribution < -0.4 is 4.74 Å². The predicted molar refractivity (Wildman–Crippen MR) is 108 cm³/mol. The zero-order valence-corrected chi connectivity index (χ0v) is 16.9. The average Bonchev–Trinajstić information content (AvgIpc) is 2.71. The Morgan fingerprint density at radius 1 is 0.893 bits per heavy atom. The molecule has 156 valence electrons. The van der Waals surface area contributed by atoms with Gasteiger partial charge in [0.05, 0.1) is 0 Å². The highest BCUT2D eigenvalue weighted by molar-refractivity contribution is 5.50. The normalized spacial score (nSPS) is 29.1. The minimum absolute atomic E-state index is 0.257. The first-order valence-corrected chi connectivity index (χ1v) is 10.9. The molecule has 0 aliphatic heterocycles. The van der Waals surface area contributed by atoms with Gasteiger partial charge in [-0.05, 0) is 79.9 Å². The van der Waals surface area contributed by atoms with Crippen molar-refractivity contribution in [3.8, 4) is 5.75 Å². The lowest BCUT2D eigenvalue weighted by Crippen LogP contribution is -2.25. The Kier molecular flexibility index (Phi) is 7.48. The second-order valence-corrected chi connectivity index (χ2v) is 8.70. The Labute approximate surface area is 167 Å². The Morgan fingerprint density at radius 3 is 2.00 bits per heavy atom. The van der Waals surface area contributed by atoms with E-state index in [1.165, 1.54) is 57.8 Å². The Balaban J connectivity index is 1.41. The molecule has 0 radical (unpaired) electrons. The van der Waals surface area contributed by atoms with Gasteiger partial charge in [-0.3, -0.25) is 0 Å². The van der Waals surface area contributed by atoms with Gasteiger partial charge in [0.25, 0.3) is 0 Å². The van der Waals surface area contributed by atoms with E-state index in [-0.39, 0.29) is 5.75 Å². The monoisotopic (exact) mass is 394 g/mol. The smallest absolute Gasteiger partial charge is 0.422 e. The van der Waals surface area contributed by atoms with E-state index in [2.05, 4.69) is 19.1 Å². The van der Waals surface area contributed by atoms with Gasteiger partial charge in [-0.25, -0.2) is 0 Å². The van der Waals surface area contributed by atoms with Crippen molar-refractivity contribution < 1.29 is 17.9 Å². The van der Waals surface area contributed by atoms with Gasteiger partial charge >= 0.3 is 6.18 Å². The number of alkyl halides is 3. The molecule has 0 unspecified atom stereocenters. The van der Waals surface area contributed by atoms with Gasteiger partial charge in [0, 0.05) is 0 Å². The summed E-state index contributed by atoms with van der Waals surface area (Å²) < 4.78 is 41.3. The van der Waals surface area contributed by atoms with Crippen LogP contribution in [0.2, 0.25) is 0 Å². The lowest BCUT2D eigenvalue weighted by atomic mass is 9.69. The standard InChI is InChI=1S/C24H33F3O/c1-2-18-5-11-21(12-6-18)22-13-7-19(8-14-22)3-4-20-9-15-23(16-10-20)28-17-24(25,26)27/h3-4,9-10,15-16,18-19,21-22H,2,5-8,11-14,17H2,1H3/t18-,19-,21-,22-. The summed E-state index contributed by atoms with van der Waals surface area (Å²) in [7, 11) is 0. The van der Waals surface area contributed by atoms with Crippen LogP contribution in [0.1, 0.15) is 70.3 Å². The van der Waals surface area contributed by atoms with Crippen molar-refractivity contribution in [2.24, 2.45) is 23.7 Å². The molecule has 0 bridgehead atoms. The maximum Gasteiger partial charge on any atom is 0.422 e. The number of hydrogen-bond donors (Lipinski definition) is 0. The molecule has 28 heavy (non-hydrogen) atoms. The molecule has 0 aromatic heterocycles. The van der Waals surface area contributed by atoms with Crippen LogP contribution in [0.5, 0.6) is 5.75 Å². The minimum atomic E-state index is -4.30. The van der Waals surface area contributed by atoms with E-state index in [1.54, 1.807) is 12.1 Å². The van der Waals surface area contributed by atoms with Crippen molar-refractivity contribution in [3.63, 3.8) is 0 Å². The fourth-order valence-electron chi connectivity index (χ4n) is 4.96. The summed E-state index contributed by atoms with van der Waals surface area (Å²) >= 11 is 0. The molecule has 2 fully saturated rings. The van der Waals surface area contributed by atoms with E-state index in [1.807, 2.05) is 12.1 Å². The van der Waals surface area contributed by atoms with Crippen molar-refractivity contribution in [3.05, 3.63) is 35.9 Å². The lowest BCUT2D eigenvalue weighted by molar-refractivity contribution is -0.153. The molecule has 0 spiro atoms. The summed E-state index contributed by atoms with van der Waals surface area (Å²) in [6.45, 7) is 1.08. The molecule has 0 N–H and O–H groups in total. The molecule has 1 aromatic carbocycles. The Morgan fingerprint density at radius 2 is 1.46 bits per heavy atom. The summed E-state index contributed by atoms with van der Waals surface area (Å²) in [5.74, 6) is 3.74. The van der Waals surface area contributed by atoms with Gasteiger partial charge in [0.2, 0.25) is 0 Å². The number of rotatable bonds is 6. The molecule has 2 aliphatic carbocycles.